The van der Waals surface area contributed by atoms with E-state index in [0.29, 0.717) is 11.5 Å². The van der Waals surface area contributed by atoms with E-state index in [1.54, 1.807) is 22.5 Å². The third-order valence-electron chi connectivity index (χ3n) is 2.89. The summed E-state index contributed by atoms with van der Waals surface area (Å²) in [7, 11) is -3.72. The average molecular weight is 326 g/mol. The standard InChI is InChI=1S/C11H14N6O2S2/c1-8-6-13-16(7-8)3-2-14-21(18,19)10-9(12)15-11-17(10)4-5-20-11/h4-7,14H,2-3,12H2,1H3. The first-order valence-corrected chi connectivity index (χ1v) is 8.53. The maximum Gasteiger partial charge on any atom is 0.260 e. The third kappa shape index (κ3) is 2.64. The molecule has 0 radical (unpaired) electrons. The van der Waals surface area contributed by atoms with Gasteiger partial charge in [0.2, 0.25) is 0 Å². The first-order chi connectivity index (χ1) is 9.97. The highest BCUT2D eigenvalue weighted by atomic mass is 32.2. The number of anilines is 1. The molecule has 3 aromatic rings. The Balaban J connectivity index is 1.77. The van der Waals surface area contributed by atoms with Crippen LogP contribution in [0, 0.1) is 6.92 Å². The molecule has 8 nitrogen and oxygen atoms in total. The number of nitrogens with one attached hydrogen (secondary N) is 1. The normalized spacial score (nSPS) is 12.2. The first-order valence-electron chi connectivity index (χ1n) is 6.17. The molecule has 0 aliphatic heterocycles. The molecule has 0 saturated heterocycles. The number of rotatable bonds is 5. The van der Waals surface area contributed by atoms with E-state index in [2.05, 4.69) is 14.8 Å². The van der Waals surface area contributed by atoms with Crippen LogP contribution in [0.5, 0.6) is 0 Å². The molecule has 0 aliphatic carbocycles. The van der Waals surface area contributed by atoms with Crippen LogP contribution in [0.15, 0.2) is 29.0 Å². The van der Waals surface area contributed by atoms with Gasteiger partial charge in [-0.05, 0) is 12.5 Å². The molecular weight excluding hydrogens is 312 g/mol. The lowest BCUT2D eigenvalue weighted by atomic mass is 10.4. The number of nitrogens with two attached hydrogens (primary N) is 1. The summed E-state index contributed by atoms with van der Waals surface area (Å²) in [5.41, 5.74) is 6.73. The minimum Gasteiger partial charge on any atom is -0.381 e. The van der Waals surface area contributed by atoms with Crippen molar-refractivity contribution in [3.63, 3.8) is 0 Å². The number of sulfonamides is 1. The molecule has 21 heavy (non-hydrogen) atoms. The highest BCUT2D eigenvalue weighted by Gasteiger charge is 2.24. The Morgan fingerprint density at radius 2 is 2.29 bits per heavy atom. The molecule has 0 atom stereocenters. The molecule has 3 rings (SSSR count). The smallest absolute Gasteiger partial charge is 0.260 e. The molecule has 0 spiro atoms. The predicted octanol–water partition coefficient (Wildman–Crippen LogP) is 0.461. The fourth-order valence-corrected chi connectivity index (χ4v) is 4.00. The minimum absolute atomic E-state index is 0.00397. The molecule has 0 unspecified atom stereocenters. The van der Waals surface area contributed by atoms with Gasteiger partial charge in [0.25, 0.3) is 10.0 Å². The lowest BCUT2D eigenvalue weighted by molar-refractivity contribution is 0.557. The monoisotopic (exact) mass is 326 g/mol. The van der Waals surface area contributed by atoms with Gasteiger partial charge < -0.3 is 5.73 Å². The Morgan fingerprint density at radius 3 is 3.00 bits per heavy atom. The van der Waals surface area contributed by atoms with Crippen molar-refractivity contribution >= 4 is 32.1 Å². The zero-order valence-electron chi connectivity index (χ0n) is 11.2. The SMILES string of the molecule is Cc1cnn(CCNS(=O)(=O)c2c(N)nc3sccn23)c1. The van der Waals surface area contributed by atoms with Gasteiger partial charge in [0.15, 0.2) is 15.8 Å². The van der Waals surface area contributed by atoms with Gasteiger partial charge in [-0.25, -0.2) is 18.1 Å². The minimum atomic E-state index is -3.72. The van der Waals surface area contributed by atoms with Crippen LogP contribution in [0.1, 0.15) is 5.56 Å². The molecule has 3 heterocycles. The van der Waals surface area contributed by atoms with Crippen LogP contribution in [0.2, 0.25) is 0 Å². The van der Waals surface area contributed by atoms with E-state index in [4.69, 9.17) is 5.73 Å². The second-order valence-corrected chi connectivity index (χ2v) is 7.09. The van der Waals surface area contributed by atoms with E-state index >= 15 is 0 Å². The zero-order chi connectivity index (χ0) is 15.0. The van der Waals surface area contributed by atoms with Crippen molar-refractivity contribution in [2.75, 3.05) is 12.3 Å². The molecule has 0 fully saturated rings. The Kier molecular flexibility index (Phi) is 3.43. The number of nitrogen functional groups attached to an aromatic ring is 1. The number of hydrogen-bond acceptors (Lipinski definition) is 6. The van der Waals surface area contributed by atoms with Crippen LogP contribution in [0.25, 0.3) is 4.96 Å². The predicted molar refractivity (Wildman–Crippen MR) is 79.6 cm³/mol. The van der Waals surface area contributed by atoms with E-state index in [-0.39, 0.29) is 17.4 Å². The van der Waals surface area contributed by atoms with Gasteiger partial charge in [-0.15, -0.1) is 11.3 Å². The van der Waals surface area contributed by atoms with Crippen LogP contribution in [-0.4, -0.2) is 34.1 Å². The van der Waals surface area contributed by atoms with E-state index < -0.39 is 10.0 Å². The number of hydrogen-bond donors (Lipinski definition) is 2. The fraction of sp³-hybridized carbons (Fsp3) is 0.273. The van der Waals surface area contributed by atoms with Crippen molar-refractivity contribution in [1.29, 1.82) is 0 Å². The first kappa shape index (κ1) is 14.0. The van der Waals surface area contributed by atoms with Crippen molar-refractivity contribution in [1.82, 2.24) is 23.9 Å². The molecule has 0 aromatic carbocycles. The average Bonchev–Trinajstić information content (AvgIpc) is 3.04. The number of aromatic nitrogens is 4. The maximum absolute atomic E-state index is 12.3. The fourth-order valence-electron chi connectivity index (χ4n) is 2.00. The number of aryl methyl sites for hydroxylation is 1. The quantitative estimate of drug-likeness (QED) is 0.708. The Morgan fingerprint density at radius 1 is 1.48 bits per heavy atom. The number of imidazole rings is 1. The maximum atomic E-state index is 12.3. The molecule has 0 amide bonds. The van der Waals surface area contributed by atoms with Crippen molar-refractivity contribution in [3.8, 4) is 0 Å². The van der Waals surface area contributed by atoms with E-state index in [1.165, 1.54) is 15.7 Å². The van der Waals surface area contributed by atoms with Crippen LogP contribution in [0.3, 0.4) is 0 Å². The number of thiazole rings is 1. The van der Waals surface area contributed by atoms with Gasteiger partial charge >= 0.3 is 0 Å². The highest BCUT2D eigenvalue weighted by molar-refractivity contribution is 7.89. The largest absolute Gasteiger partial charge is 0.381 e. The van der Waals surface area contributed by atoms with E-state index in [1.807, 2.05) is 13.1 Å². The molecule has 0 bridgehead atoms. The molecule has 0 saturated carbocycles. The van der Waals surface area contributed by atoms with E-state index in [9.17, 15) is 8.42 Å². The van der Waals surface area contributed by atoms with Gasteiger partial charge in [0.1, 0.15) is 0 Å². The van der Waals surface area contributed by atoms with Crippen LogP contribution in [0.4, 0.5) is 5.82 Å². The second-order valence-electron chi connectivity index (χ2n) is 4.54. The number of fused-ring (bicyclic) bond motifs is 1. The van der Waals surface area contributed by atoms with Gasteiger partial charge in [0, 0.05) is 24.3 Å². The van der Waals surface area contributed by atoms with Crippen LogP contribution in [-0.2, 0) is 16.6 Å². The summed E-state index contributed by atoms with van der Waals surface area (Å²) in [6.07, 6.45) is 5.20. The molecule has 3 aromatic heterocycles. The van der Waals surface area contributed by atoms with Gasteiger partial charge in [-0.3, -0.25) is 9.08 Å². The summed E-state index contributed by atoms with van der Waals surface area (Å²) in [5.74, 6) is 0.00397. The molecular formula is C11H14N6O2S2. The lowest BCUT2D eigenvalue weighted by Crippen LogP contribution is -2.29. The van der Waals surface area contributed by atoms with Crippen LogP contribution < -0.4 is 10.5 Å². The summed E-state index contributed by atoms with van der Waals surface area (Å²) in [5, 5.41) is 5.84. The van der Waals surface area contributed by atoms with Crippen LogP contribution >= 0.6 is 11.3 Å². The summed E-state index contributed by atoms with van der Waals surface area (Å²) in [4.78, 5) is 4.58. The summed E-state index contributed by atoms with van der Waals surface area (Å²) in [6.45, 7) is 2.59. The summed E-state index contributed by atoms with van der Waals surface area (Å²) < 4.78 is 30.4. The third-order valence-corrected chi connectivity index (χ3v) is 5.15. The van der Waals surface area contributed by atoms with Gasteiger partial charge in [-0.2, -0.15) is 5.10 Å². The number of nitrogens with zero attached hydrogens (tertiary/aromatic N) is 4. The van der Waals surface area contributed by atoms with Gasteiger partial charge in [0.05, 0.1) is 12.7 Å². The Bertz CT molecular complexity index is 876. The molecule has 3 N–H and O–H groups in total. The van der Waals surface area contributed by atoms with Crippen molar-refractivity contribution in [2.24, 2.45) is 0 Å². The summed E-state index contributed by atoms with van der Waals surface area (Å²) >= 11 is 1.33. The molecule has 10 heteroatoms. The van der Waals surface area contributed by atoms with Crippen molar-refractivity contribution in [3.05, 3.63) is 29.5 Å². The van der Waals surface area contributed by atoms with Crippen molar-refractivity contribution in [2.45, 2.75) is 18.5 Å². The Labute approximate surface area is 125 Å². The molecule has 112 valence electrons. The topological polar surface area (TPSA) is 107 Å². The molecule has 0 aliphatic rings. The van der Waals surface area contributed by atoms with E-state index in [0.717, 1.165) is 5.56 Å². The Hall–Kier alpha value is -1.91. The second kappa shape index (κ2) is 5.13. The van der Waals surface area contributed by atoms with Crippen molar-refractivity contribution < 1.29 is 8.42 Å². The zero-order valence-corrected chi connectivity index (χ0v) is 12.9. The summed E-state index contributed by atoms with van der Waals surface area (Å²) in [6, 6.07) is 0. The highest BCUT2D eigenvalue weighted by Crippen LogP contribution is 2.22. The van der Waals surface area contributed by atoms with Gasteiger partial charge in [-0.1, -0.05) is 0 Å². The lowest BCUT2D eigenvalue weighted by Gasteiger charge is -2.06.